The number of carbonyl (C=O) groups is 2. The molecule has 49 heavy (non-hydrogen) atoms. The highest BCUT2D eigenvalue weighted by Crippen LogP contribution is 2.45. The van der Waals surface area contributed by atoms with Crippen LogP contribution in [-0.4, -0.2) is 97.8 Å². The first-order valence-electron chi connectivity index (χ1n) is 16.9. The molecule has 2 fully saturated rings. The van der Waals surface area contributed by atoms with E-state index in [9.17, 15) is 14.0 Å². The summed E-state index contributed by atoms with van der Waals surface area (Å²) in [6.45, 7) is 7.38. The van der Waals surface area contributed by atoms with Crippen molar-refractivity contribution in [3.05, 3.63) is 82.4 Å². The van der Waals surface area contributed by atoms with Crippen molar-refractivity contribution >= 4 is 29.2 Å². The van der Waals surface area contributed by atoms with Gasteiger partial charge in [0.15, 0.2) is 11.5 Å². The average Bonchev–Trinajstić information content (AvgIpc) is 3.63. The molecule has 2 saturated heterocycles. The summed E-state index contributed by atoms with van der Waals surface area (Å²) in [6.07, 6.45) is 5.87. The number of piperazine rings is 1. The van der Waals surface area contributed by atoms with E-state index in [1.54, 1.807) is 23.1 Å². The van der Waals surface area contributed by atoms with Gasteiger partial charge >= 0.3 is 6.09 Å². The van der Waals surface area contributed by atoms with Crippen molar-refractivity contribution in [2.75, 3.05) is 60.5 Å². The number of methoxy groups -OCH3 is 2. The number of nitrogens with zero attached hydrogens (tertiary/aromatic N) is 4. The van der Waals surface area contributed by atoms with E-state index in [2.05, 4.69) is 22.2 Å². The quantitative estimate of drug-likeness (QED) is 0.325. The van der Waals surface area contributed by atoms with Gasteiger partial charge in [-0.2, -0.15) is 0 Å². The number of fused-ring (bicyclic) bond motifs is 1. The molecular weight excluding hydrogens is 625 g/mol. The van der Waals surface area contributed by atoms with Crippen LogP contribution in [0.25, 0.3) is 17.2 Å². The normalized spacial score (nSPS) is 18.2. The van der Waals surface area contributed by atoms with E-state index in [-0.39, 0.29) is 23.9 Å². The van der Waals surface area contributed by atoms with Crippen LogP contribution in [-0.2, 0) is 18.4 Å². The largest absolute Gasteiger partial charge is 0.493 e. The van der Waals surface area contributed by atoms with Crippen molar-refractivity contribution in [2.45, 2.75) is 38.8 Å². The Bertz CT molecular complexity index is 1740. The summed E-state index contributed by atoms with van der Waals surface area (Å²) in [6, 6.07) is 12.7. The van der Waals surface area contributed by atoms with Gasteiger partial charge in [0.2, 0.25) is 11.7 Å². The van der Waals surface area contributed by atoms with Crippen molar-refractivity contribution < 1.29 is 28.2 Å². The summed E-state index contributed by atoms with van der Waals surface area (Å²) < 4.78 is 33.8. The maximum absolute atomic E-state index is 14.5. The number of piperidine rings is 1. The third-order valence-electron chi connectivity index (χ3n) is 10.1. The maximum Gasteiger partial charge on any atom is 0.415 e. The fourth-order valence-corrected chi connectivity index (χ4v) is 7.11. The molecule has 10 nitrogen and oxygen atoms in total. The van der Waals surface area contributed by atoms with Gasteiger partial charge in [0, 0.05) is 51.2 Å². The third-order valence-corrected chi connectivity index (χ3v) is 10.1. The van der Waals surface area contributed by atoms with Crippen LogP contribution in [0.2, 0.25) is 0 Å². The Morgan fingerprint density at radius 1 is 0.939 bits per heavy atom. The van der Waals surface area contributed by atoms with Gasteiger partial charge in [0.1, 0.15) is 5.82 Å². The molecule has 1 aromatic heterocycles. The summed E-state index contributed by atoms with van der Waals surface area (Å²) in [5, 5.41) is 2.99. The molecule has 2 aliphatic heterocycles. The zero-order valence-corrected chi connectivity index (χ0v) is 29.1. The number of benzene rings is 2. The highest BCUT2D eigenvalue weighted by molar-refractivity contribution is 6.08. The number of carbonyl (C=O) groups excluding carboxylic acids is 2. The average molecular weight is 672 g/mol. The van der Waals surface area contributed by atoms with Gasteiger partial charge in [-0.25, -0.2) is 9.18 Å². The molecule has 0 radical (unpaired) electrons. The summed E-state index contributed by atoms with van der Waals surface area (Å²) >= 11 is 0. The maximum atomic E-state index is 14.5. The van der Waals surface area contributed by atoms with Crippen LogP contribution in [0.15, 0.2) is 54.2 Å². The van der Waals surface area contributed by atoms with Gasteiger partial charge in [-0.15, -0.1) is 0 Å². The Morgan fingerprint density at radius 2 is 1.63 bits per heavy atom. The van der Waals surface area contributed by atoms with Crippen LogP contribution in [0.4, 0.5) is 9.18 Å². The minimum absolute atomic E-state index is 0.109. The van der Waals surface area contributed by atoms with Crippen LogP contribution in [0, 0.1) is 5.82 Å². The Kier molecular flexibility index (Phi) is 10.4. The molecule has 3 aliphatic rings. The molecule has 2 aromatic carbocycles. The highest BCUT2D eigenvalue weighted by Gasteiger charge is 2.31. The number of ether oxygens (including phenoxy) is 3. The van der Waals surface area contributed by atoms with E-state index in [4.69, 9.17) is 14.2 Å². The summed E-state index contributed by atoms with van der Waals surface area (Å²) in [5.74, 6) is 0.399. The first-order valence-corrected chi connectivity index (χ1v) is 16.9. The molecule has 3 aromatic rings. The second kappa shape index (κ2) is 14.9. The molecule has 3 heterocycles. The molecule has 0 atom stereocenters. The molecular formula is C38H46FN5O5. The topological polar surface area (TPSA) is 88.5 Å². The van der Waals surface area contributed by atoms with Gasteiger partial charge in [-0.1, -0.05) is 6.07 Å². The molecule has 1 aliphatic carbocycles. The number of allylic oxidation sites excluding steroid dienone is 2. The van der Waals surface area contributed by atoms with E-state index < -0.39 is 6.09 Å². The fraction of sp³-hybridized carbons (Fsp3) is 0.421. The second-order valence-electron chi connectivity index (χ2n) is 13.1. The van der Waals surface area contributed by atoms with E-state index in [0.717, 1.165) is 72.6 Å². The van der Waals surface area contributed by atoms with Gasteiger partial charge in [0.05, 0.1) is 27.2 Å². The Balaban J connectivity index is 1.19. The standard InChI is InChI=1S/C38H46FN5O5/c1-25-31(30-9-8-27(39)22-33(30)32(25)23-36(45)40-24-29-7-6-12-42(29)3)19-26-20-34(47-4)37(35(21-26)48-5)49-38(46)44-17-15-43(16-18-44)28-10-13-41(2)14-11-28/h6-9,12,19-22,28H,10-11,13-18,23-24H2,1-5H3,(H,40,45). The predicted molar refractivity (Wildman–Crippen MR) is 188 cm³/mol. The smallest absolute Gasteiger partial charge is 0.415 e. The molecule has 0 saturated carbocycles. The van der Waals surface area contributed by atoms with Crippen molar-refractivity contribution in [1.29, 1.82) is 0 Å². The van der Waals surface area contributed by atoms with Crippen molar-refractivity contribution in [1.82, 2.24) is 24.6 Å². The number of rotatable bonds is 9. The van der Waals surface area contributed by atoms with Crippen LogP contribution in [0.5, 0.6) is 17.2 Å². The molecule has 260 valence electrons. The third kappa shape index (κ3) is 7.52. The zero-order chi connectivity index (χ0) is 34.7. The van der Waals surface area contributed by atoms with Crippen LogP contribution in [0.3, 0.4) is 0 Å². The summed E-state index contributed by atoms with van der Waals surface area (Å²) in [4.78, 5) is 33.0. The number of amides is 2. The van der Waals surface area contributed by atoms with Gasteiger partial charge in [-0.3, -0.25) is 9.69 Å². The van der Waals surface area contributed by atoms with Crippen LogP contribution in [0.1, 0.15) is 48.6 Å². The molecule has 0 unspecified atom stereocenters. The summed E-state index contributed by atoms with van der Waals surface area (Å²) in [5.41, 5.74) is 5.75. The number of aromatic nitrogens is 1. The van der Waals surface area contributed by atoms with E-state index in [1.807, 2.05) is 42.9 Å². The van der Waals surface area contributed by atoms with E-state index >= 15 is 0 Å². The van der Waals surface area contributed by atoms with Gasteiger partial charge in [0.25, 0.3) is 0 Å². The van der Waals surface area contributed by atoms with Crippen molar-refractivity contribution in [3.8, 4) is 17.2 Å². The lowest BCUT2D eigenvalue weighted by atomic mass is 10.00. The highest BCUT2D eigenvalue weighted by atomic mass is 19.1. The number of likely N-dealkylation sites (tertiary alicyclic amines) is 1. The van der Waals surface area contributed by atoms with E-state index in [1.165, 1.54) is 26.4 Å². The Morgan fingerprint density at radius 3 is 2.27 bits per heavy atom. The minimum Gasteiger partial charge on any atom is -0.493 e. The zero-order valence-electron chi connectivity index (χ0n) is 29.1. The number of aryl methyl sites for hydroxylation is 1. The molecule has 11 heteroatoms. The molecule has 0 bridgehead atoms. The van der Waals surface area contributed by atoms with E-state index in [0.29, 0.717) is 42.7 Å². The van der Waals surface area contributed by atoms with Gasteiger partial charge < -0.3 is 33.9 Å². The van der Waals surface area contributed by atoms with Crippen molar-refractivity contribution in [3.63, 3.8) is 0 Å². The lowest BCUT2D eigenvalue weighted by Gasteiger charge is -2.41. The first-order chi connectivity index (χ1) is 23.6. The first kappa shape index (κ1) is 34.3. The lowest BCUT2D eigenvalue weighted by Crippen LogP contribution is -2.54. The number of hydrogen-bond donors (Lipinski definition) is 1. The predicted octanol–water partition coefficient (Wildman–Crippen LogP) is 5.43. The number of hydrogen-bond acceptors (Lipinski definition) is 7. The number of nitrogens with one attached hydrogen (secondary N) is 1. The Hall–Kier alpha value is -4.61. The lowest BCUT2D eigenvalue weighted by molar-refractivity contribution is -0.120. The molecule has 1 N–H and O–H groups in total. The SMILES string of the molecule is COc1cc(C=C2C(C)=C(CC(=O)NCc3cccn3C)c3cc(F)ccc32)cc(OC)c1OC(=O)N1CCN(C2CCN(C)CC2)CC1. The minimum atomic E-state index is -0.439. The summed E-state index contributed by atoms with van der Waals surface area (Å²) in [7, 11) is 7.14. The second-order valence-corrected chi connectivity index (χ2v) is 13.1. The number of halogens is 1. The molecule has 0 spiro atoms. The monoisotopic (exact) mass is 671 g/mol. The fourth-order valence-electron chi connectivity index (χ4n) is 7.11. The molecule has 6 rings (SSSR count). The Labute approximate surface area is 287 Å². The van der Waals surface area contributed by atoms with Crippen LogP contribution < -0.4 is 19.5 Å². The van der Waals surface area contributed by atoms with Crippen LogP contribution >= 0.6 is 0 Å². The van der Waals surface area contributed by atoms with Gasteiger partial charge in [-0.05, 0) is 116 Å². The molecule has 2 amide bonds. The van der Waals surface area contributed by atoms with Crippen molar-refractivity contribution in [2.24, 2.45) is 7.05 Å².